The summed E-state index contributed by atoms with van der Waals surface area (Å²) in [6.45, 7) is 0.355. The van der Waals surface area contributed by atoms with Gasteiger partial charge in [-0.2, -0.15) is 18.3 Å². The average Bonchev–Trinajstić information content (AvgIpc) is 2.68. The number of hydrogen-bond acceptors (Lipinski definition) is 4. The van der Waals surface area contributed by atoms with Crippen LogP contribution in [0.25, 0.3) is 0 Å². The molecule has 144 valence electrons. The molecule has 4 nitrogen and oxygen atoms in total. The van der Waals surface area contributed by atoms with Crippen LogP contribution in [0.2, 0.25) is 5.02 Å². The first-order chi connectivity index (χ1) is 13.4. The molecule has 1 N–H and O–H groups in total. The SMILES string of the molecule is FC(F)(F)c1ccc(N/N=C\c2ccc(OCc3ccccc3Cl)cc2)nc1. The van der Waals surface area contributed by atoms with E-state index in [1.807, 2.05) is 18.2 Å². The largest absolute Gasteiger partial charge is 0.489 e. The summed E-state index contributed by atoms with van der Waals surface area (Å²) in [6.07, 6.45) is -2.13. The van der Waals surface area contributed by atoms with E-state index >= 15 is 0 Å². The summed E-state index contributed by atoms with van der Waals surface area (Å²) in [4.78, 5) is 3.68. The molecule has 3 rings (SSSR count). The summed E-state index contributed by atoms with van der Waals surface area (Å²) in [7, 11) is 0. The number of benzene rings is 2. The Kier molecular flexibility index (Phi) is 6.16. The summed E-state index contributed by atoms with van der Waals surface area (Å²) in [5, 5.41) is 4.61. The van der Waals surface area contributed by atoms with Crippen LogP contribution >= 0.6 is 11.6 Å². The Bertz CT molecular complexity index is 942. The molecule has 8 heteroatoms. The minimum absolute atomic E-state index is 0.212. The lowest BCUT2D eigenvalue weighted by Gasteiger charge is -2.08. The Hall–Kier alpha value is -3.06. The van der Waals surface area contributed by atoms with Crippen LogP contribution in [-0.2, 0) is 12.8 Å². The first-order valence-corrected chi connectivity index (χ1v) is 8.58. The van der Waals surface area contributed by atoms with E-state index in [1.54, 1.807) is 30.3 Å². The van der Waals surface area contributed by atoms with Gasteiger partial charge in [-0.1, -0.05) is 29.8 Å². The van der Waals surface area contributed by atoms with Crippen molar-refractivity contribution in [2.75, 3.05) is 5.43 Å². The van der Waals surface area contributed by atoms with Gasteiger partial charge in [-0.3, -0.25) is 5.43 Å². The van der Waals surface area contributed by atoms with Crippen molar-refractivity contribution in [2.45, 2.75) is 12.8 Å². The summed E-state index contributed by atoms with van der Waals surface area (Å²) in [5.74, 6) is 0.887. The van der Waals surface area contributed by atoms with Gasteiger partial charge in [0.15, 0.2) is 0 Å². The van der Waals surface area contributed by atoms with Crippen molar-refractivity contribution < 1.29 is 17.9 Å². The van der Waals surface area contributed by atoms with E-state index in [2.05, 4.69) is 15.5 Å². The quantitative estimate of drug-likeness (QED) is 0.417. The molecule has 0 radical (unpaired) electrons. The molecule has 1 heterocycles. The second-order valence-electron chi connectivity index (χ2n) is 5.75. The number of rotatable bonds is 6. The summed E-state index contributed by atoms with van der Waals surface area (Å²) in [6, 6.07) is 16.8. The van der Waals surface area contributed by atoms with Crippen molar-refractivity contribution in [3.05, 3.63) is 88.6 Å². The van der Waals surface area contributed by atoms with Crippen LogP contribution in [0.1, 0.15) is 16.7 Å². The Morgan fingerprint density at radius 1 is 1.04 bits per heavy atom. The Balaban J connectivity index is 1.53. The normalized spacial score (nSPS) is 11.6. The monoisotopic (exact) mass is 405 g/mol. The summed E-state index contributed by atoms with van der Waals surface area (Å²) < 4.78 is 43.2. The predicted octanol–water partition coefficient (Wildman–Crippen LogP) is 5.78. The topological polar surface area (TPSA) is 46.5 Å². The molecule has 3 aromatic rings. The Labute approximate surface area is 164 Å². The first-order valence-electron chi connectivity index (χ1n) is 8.20. The second-order valence-corrected chi connectivity index (χ2v) is 6.16. The molecular formula is C20H15ClF3N3O. The van der Waals surface area contributed by atoms with E-state index in [0.29, 0.717) is 17.4 Å². The third-order valence-corrected chi connectivity index (χ3v) is 4.08. The van der Waals surface area contributed by atoms with E-state index < -0.39 is 11.7 Å². The minimum atomic E-state index is -4.41. The summed E-state index contributed by atoms with van der Waals surface area (Å²) >= 11 is 6.09. The fraction of sp³-hybridized carbons (Fsp3) is 0.100. The highest BCUT2D eigenvalue weighted by molar-refractivity contribution is 6.31. The van der Waals surface area contributed by atoms with Crippen molar-refractivity contribution >= 4 is 23.6 Å². The maximum atomic E-state index is 12.5. The van der Waals surface area contributed by atoms with E-state index in [1.165, 1.54) is 12.3 Å². The molecule has 0 amide bonds. The van der Waals surface area contributed by atoms with Gasteiger partial charge in [0.2, 0.25) is 0 Å². The van der Waals surface area contributed by atoms with Crippen LogP contribution < -0.4 is 10.2 Å². The standard InChI is InChI=1S/C20H15ClF3N3O/c21-18-4-2-1-3-15(18)13-28-17-8-5-14(6-9-17)11-26-27-19-10-7-16(12-25-19)20(22,23)24/h1-12H,13H2,(H,25,27)/b26-11-. The fourth-order valence-electron chi connectivity index (χ4n) is 2.23. The molecule has 0 aliphatic heterocycles. The molecule has 0 saturated carbocycles. The molecule has 2 aromatic carbocycles. The molecule has 28 heavy (non-hydrogen) atoms. The molecule has 0 aliphatic carbocycles. The number of ether oxygens (including phenoxy) is 1. The van der Waals surface area contributed by atoms with Crippen LogP contribution in [0.5, 0.6) is 5.75 Å². The van der Waals surface area contributed by atoms with Gasteiger partial charge < -0.3 is 4.74 Å². The van der Waals surface area contributed by atoms with Crippen molar-refractivity contribution in [1.82, 2.24) is 4.98 Å². The Morgan fingerprint density at radius 3 is 2.43 bits per heavy atom. The number of hydrazone groups is 1. The lowest BCUT2D eigenvalue weighted by Crippen LogP contribution is -2.05. The number of nitrogens with zero attached hydrogens (tertiary/aromatic N) is 2. The van der Waals surface area contributed by atoms with Crippen molar-refractivity contribution in [2.24, 2.45) is 5.10 Å². The highest BCUT2D eigenvalue weighted by atomic mass is 35.5. The smallest absolute Gasteiger partial charge is 0.417 e. The number of hydrogen-bond donors (Lipinski definition) is 1. The van der Waals surface area contributed by atoms with Crippen LogP contribution in [0, 0.1) is 0 Å². The molecular weight excluding hydrogens is 391 g/mol. The van der Waals surface area contributed by atoms with Gasteiger partial charge >= 0.3 is 6.18 Å². The van der Waals surface area contributed by atoms with Gasteiger partial charge in [-0.15, -0.1) is 0 Å². The maximum Gasteiger partial charge on any atom is 0.417 e. The highest BCUT2D eigenvalue weighted by Crippen LogP contribution is 2.28. The van der Waals surface area contributed by atoms with E-state index in [-0.39, 0.29) is 5.82 Å². The summed E-state index contributed by atoms with van der Waals surface area (Å²) in [5.41, 5.74) is 3.45. The molecule has 0 unspecified atom stereocenters. The molecule has 0 bridgehead atoms. The van der Waals surface area contributed by atoms with Gasteiger partial charge in [0.25, 0.3) is 0 Å². The second kappa shape index (κ2) is 8.75. The number of aromatic nitrogens is 1. The fourth-order valence-corrected chi connectivity index (χ4v) is 2.42. The number of pyridine rings is 1. The van der Waals surface area contributed by atoms with Crippen molar-refractivity contribution in [1.29, 1.82) is 0 Å². The third kappa shape index (κ3) is 5.47. The van der Waals surface area contributed by atoms with Gasteiger partial charge in [0.1, 0.15) is 18.2 Å². The predicted molar refractivity (Wildman–Crippen MR) is 103 cm³/mol. The molecule has 0 aliphatic rings. The van der Waals surface area contributed by atoms with Gasteiger partial charge in [-0.05, 0) is 48.0 Å². The first kappa shape index (κ1) is 19.7. The molecule has 0 spiro atoms. The van der Waals surface area contributed by atoms with E-state index in [4.69, 9.17) is 16.3 Å². The zero-order valence-electron chi connectivity index (χ0n) is 14.4. The molecule has 0 fully saturated rings. The van der Waals surface area contributed by atoms with Gasteiger partial charge in [-0.25, -0.2) is 4.98 Å². The number of alkyl halides is 3. The van der Waals surface area contributed by atoms with E-state index in [9.17, 15) is 13.2 Å². The van der Waals surface area contributed by atoms with Crippen LogP contribution in [0.15, 0.2) is 72.0 Å². The third-order valence-electron chi connectivity index (χ3n) is 3.72. The lowest BCUT2D eigenvalue weighted by molar-refractivity contribution is -0.137. The molecule has 1 aromatic heterocycles. The van der Waals surface area contributed by atoms with E-state index in [0.717, 1.165) is 23.4 Å². The zero-order chi connectivity index (χ0) is 20.0. The number of anilines is 1. The lowest BCUT2D eigenvalue weighted by atomic mass is 10.2. The van der Waals surface area contributed by atoms with Gasteiger partial charge in [0, 0.05) is 16.8 Å². The number of nitrogens with one attached hydrogen (secondary N) is 1. The molecule has 0 atom stereocenters. The van der Waals surface area contributed by atoms with Gasteiger partial charge in [0.05, 0.1) is 11.8 Å². The zero-order valence-corrected chi connectivity index (χ0v) is 15.2. The maximum absolute atomic E-state index is 12.5. The average molecular weight is 406 g/mol. The van der Waals surface area contributed by atoms with Crippen molar-refractivity contribution in [3.8, 4) is 5.75 Å². The number of halogens is 4. The van der Waals surface area contributed by atoms with Crippen LogP contribution in [0.4, 0.5) is 19.0 Å². The van der Waals surface area contributed by atoms with Crippen LogP contribution in [-0.4, -0.2) is 11.2 Å². The Morgan fingerprint density at radius 2 is 1.79 bits per heavy atom. The van der Waals surface area contributed by atoms with Crippen LogP contribution in [0.3, 0.4) is 0 Å². The minimum Gasteiger partial charge on any atom is -0.489 e. The molecule has 0 saturated heterocycles. The van der Waals surface area contributed by atoms with Crippen molar-refractivity contribution in [3.63, 3.8) is 0 Å². The highest BCUT2D eigenvalue weighted by Gasteiger charge is 2.30.